The molecule has 0 fully saturated rings. The van der Waals surface area contributed by atoms with Crippen LogP contribution < -0.4 is 10.7 Å². The number of nitrogens with one attached hydrogen (secondary N) is 1. The summed E-state index contributed by atoms with van der Waals surface area (Å²) < 4.78 is 1.21. The van der Waals surface area contributed by atoms with Gasteiger partial charge in [-0.25, -0.2) is 4.98 Å². The SMILES string of the molecule is Nc1ccc2[nH+]csc2c1. The van der Waals surface area contributed by atoms with Crippen LogP contribution in [0.1, 0.15) is 0 Å². The smallest absolute Gasteiger partial charge is 0.224 e. The van der Waals surface area contributed by atoms with Gasteiger partial charge in [0.2, 0.25) is 11.0 Å². The summed E-state index contributed by atoms with van der Waals surface area (Å²) in [6.07, 6.45) is 0. The molecule has 0 saturated carbocycles. The monoisotopic (exact) mass is 151 g/mol. The molecule has 50 valence electrons. The Labute approximate surface area is 62.3 Å². The van der Waals surface area contributed by atoms with Crippen LogP contribution in [0, 0.1) is 0 Å². The third-order valence-corrected chi connectivity index (χ3v) is 2.23. The standard InChI is InChI=1S/C7H6N2S/c8-5-1-2-6-7(3-5)10-4-9-6/h1-4H,8H2/p+1. The van der Waals surface area contributed by atoms with Crippen LogP contribution >= 0.6 is 11.3 Å². The van der Waals surface area contributed by atoms with E-state index in [1.165, 1.54) is 4.70 Å². The van der Waals surface area contributed by atoms with Crippen LogP contribution in [0.2, 0.25) is 0 Å². The summed E-state index contributed by atoms with van der Waals surface area (Å²) in [4.78, 5) is 3.11. The first-order chi connectivity index (χ1) is 4.86. The third kappa shape index (κ3) is 0.752. The molecule has 2 rings (SSSR count). The molecular weight excluding hydrogens is 144 g/mol. The highest BCUT2D eigenvalue weighted by molar-refractivity contribution is 7.16. The quantitative estimate of drug-likeness (QED) is 0.566. The summed E-state index contributed by atoms with van der Waals surface area (Å²) in [7, 11) is 0. The molecule has 0 amide bonds. The van der Waals surface area contributed by atoms with E-state index < -0.39 is 0 Å². The molecule has 0 spiro atoms. The topological polar surface area (TPSA) is 40.2 Å². The van der Waals surface area contributed by atoms with Crippen molar-refractivity contribution in [3.05, 3.63) is 23.7 Å². The summed E-state index contributed by atoms with van der Waals surface area (Å²) in [5.41, 5.74) is 9.50. The zero-order valence-corrected chi connectivity index (χ0v) is 6.11. The maximum atomic E-state index is 5.58. The molecule has 0 aliphatic rings. The summed E-state index contributed by atoms with van der Waals surface area (Å²) in [5.74, 6) is 0. The number of hydrogen-bond acceptors (Lipinski definition) is 2. The minimum Gasteiger partial charge on any atom is -0.399 e. The van der Waals surface area contributed by atoms with Crippen molar-refractivity contribution in [1.29, 1.82) is 0 Å². The molecule has 3 N–H and O–H groups in total. The molecule has 0 radical (unpaired) electrons. The Balaban J connectivity index is 2.86. The highest BCUT2D eigenvalue weighted by atomic mass is 32.1. The van der Waals surface area contributed by atoms with E-state index in [0.717, 1.165) is 11.2 Å². The summed E-state index contributed by atoms with van der Waals surface area (Å²) in [6.45, 7) is 0. The van der Waals surface area contributed by atoms with Crippen molar-refractivity contribution in [2.75, 3.05) is 5.73 Å². The fourth-order valence-corrected chi connectivity index (χ4v) is 1.68. The van der Waals surface area contributed by atoms with Gasteiger partial charge in [-0.3, -0.25) is 0 Å². The second-order valence-corrected chi connectivity index (χ2v) is 3.05. The van der Waals surface area contributed by atoms with Crippen molar-refractivity contribution in [2.24, 2.45) is 0 Å². The van der Waals surface area contributed by atoms with E-state index in [4.69, 9.17) is 5.73 Å². The first kappa shape index (κ1) is 5.68. The lowest BCUT2D eigenvalue weighted by Gasteiger charge is -1.86. The van der Waals surface area contributed by atoms with Crippen LogP contribution in [0.15, 0.2) is 23.7 Å². The van der Waals surface area contributed by atoms with Gasteiger partial charge in [0.15, 0.2) is 0 Å². The molecule has 0 bridgehead atoms. The molecule has 0 aliphatic carbocycles. The van der Waals surface area contributed by atoms with E-state index in [1.807, 2.05) is 23.7 Å². The minimum absolute atomic E-state index is 0.823. The molecule has 2 nitrogen and oxygen atoms in total. The van der Waals surface area contributed by atoms with E-state index in [9.17, 15) is 0 Å². The van der Waals surface area contributed by atoms with E-state index in [0.29, 0.717) is 0 Å². The molecule has 0 saturated heterocycles. The molecule has 3 heteroatoms. The fraction of sp³-hybridized carbons (Fsp3) is 0. The van der Waals surface area contributed by atoms with Crippen molar-refractivity contribution in [3.8, 4) is 0 Å². The minimum atomic E-state index is 0.823. The van der Waals surface area contributed by atoms with Crippen molar-refractivity contribution in [3.63, 3.8) is 0 Å². The fourth-order valence-electron chi connectivity index (χ4n) is 0.912. The highest BCUT2D eigenvalue weighted by Crippen LogP contribution is 2.16. The van der Waals surface area contributed by atoms with Gasteiger partial charge in [0, 0.05) is 11.8 Å². The van der Waals surface area contributed by atoms with Crippen molar-refractivity contribution >= 4 is 27.2 Å². The van der Waals surface area contributed by atoms with Crippen LogP contribution in [-0.2, 0) is 0 Å². The first-order valence-electron chi connectivity index (χ1n) is 3.01. The number of aromatic amines is 1. The normalized spacial score (nSPS) is 10.4. The van der Waals surface area contributed by atoms with Gasteiger partial charge in [0.25, 0.3) is 0 Å². The Morgan fingerprint density at radius 1 is 1.40 bits per heavy atom. The zero-order valence-electron chi connectivity index (χ0n) is 5.29. The number of thiazole rings is 1. The van der Waals surface area contributed by atoms with Gasteiger partial charge in [-0.05, 0) is 12.1 Å². The average molecular weight is 151 g/mol. The number of rotatable bonds is 0. The van der Waals surface area contributed by atoms with Gasteiger partial charge in [0.05, 0.1) is 0 Å². The van der Waals surface area contributed by atoms with Gasteiger partial charge >= 0.3 is 0 Å². The highest BCUT2D eigenvalue weighted by Gasteiger charge is 1.99. The van der Waals surface area contributed by atoms with Crippen LogP contribution in [0.3, 0.4) is 0 Å². The van der Waals surface area contributed by atoms with Gasteiger partial charge in [-0.1, -0.05) is 11.3 Å². The molecule has 1 heterocycles. The molecule has 0 unspecified atom stereocenters. The van der Waals surface area contributed by atoms with E-state index in [-0.39, 0.29) is 0 Å². The molecule has 2 aromatic rings. The van der Waals surface area contributed by atoms with Crippen LogP contribution in [0.25, 0.3) is 10.2 Å². The number of nitrogens with two attached hydrogens (primary N) is 1. The first-order valence-corrected chi connectivity index (χ1v) is 3.88. The molecule has 10 heavy (non-hydrogen) atoms. The number of fused-ring (bicyclic) bond motifs is 1. The van der Waals surface area contributed by atoms with E-state index in [1.54, 1.807) is 11.3 Å². The zero-order chi connectivity index (χ0) is 6.97. The van der Waals surface area contributed by atoms with E-state index >= 15 is 0 Å². The number of H-pyrrole nitrogens is 1. The Kier molecular flexibility index (Phi) is 1.11. The summed E-state index contributed by atoms with van der Waals surface area (Å²) in [6, 6.07) is 5.85. The Hall–Kier alpha value is -1.09. The molecule has 0 aliphatic heterocycles. The van der Waals surface area contributed by atoms with E-state index in [2.05, 4.69) is 4.98 Å². The number of anilines is 1. The number of aromatic nitrogens is 1. The predicted octanol–water partition coefficient (Wildman–Crippen LogP) is 1.30. The van der Waals surface area contributed by atoms with Gasteiger partial charge in [-0.2, -0.15) is 0 Å². The summed E-state index contributed by atoms with van der Waals surface area (Å²) in [5, 5.41) is 0. The number of nitrogen functional groups attached to an aromatic ring is 1. The average Bonchev–Trinajstić information content (AvgIpc) is 2.33. The number of hydrogen-bond donors (Lipinski definition) is 1. The lowest BCUT2D eigenvalue weighted by molar-refractivity contribution is -0.338. The van der Waals surface area contributed by atoms with Crippen LogP contribution in [0.5, 0.6) is 0 Å². The Morgan fingerprint density at radius 3 is 3.20 bits per heavy atom. The van der Waals surface area contributed by atoms with Crippen LogP contribution in [0.4, 0.5) is 5.69 Å². The second kappa shape index (κ2) is 1.95. The van der Waals surface area contributed by atoms with Gasteiger partial charge in [-0.15, -0.1) is 0 Å². The largest absolute Gasteiger partial charge is 0.399 e. The predicted molar refractivity (Wildman–Crippen MR) is 42.8 cm³/mol. The molecular formula is C7H7N2S+. The molecule has 1 aromatic heterocycles. The van der Waals surface area contributed by atoms with Crippen molar-refractivity contribution in [1.82, 2.24) is 0 Å². The summed E-state index contributed by atoms with van der Waals surface area (Å²) >= 11 is 1.67. The van der Waals surface area contributed by atoms with Gasteiger partial charge in [0.1, 0.15) is 4.70 Å². The Bertz CT molecular complexity index is 353. The van der Waals surface area contributed by atoms with Crippen molar-refractivity contribution < 1.29 is 4.98 Å². The number of benzene rings is 1. The molecule has 0 atom stereocenters. The maximum absolute atomic E-state index is 5.58. The Morgan fingerprint density at radius 2 is 2.30 bits per heavy atom. The lowest BCUT2D eigenvalue weighted by atomic mass is 10.3. The van der Waals surface area contributed by atoms with Crippen molar-refractivity contribution in [2.45, 2.75) is 0 Å². The third-order valence-electron chi connectivity index (χ3n) is 1.41. The molecule has 1 aromatic carbocycles. The lowest BCUT2D eigenvalue weighted by Crippen LogP contribution is -1.93. The van der Waals surface area contributed by atoms with Gasteiger partial charge < -0.3 is 5.73 Å². The maximum Gasteiger partial charge on any atom is 0.224 e. The second-order valence-electron chi connectivity index (χ2n) is 2.14. The van der Waals surface area contributed by atoms with Crippen LogP contribution in [-0.4, -0.2) is 0 Å².